The molecule has 0 aromatic rings. The van der Waals surface area contributed by atoms with E-state index in [0.717, 1.165) is 25.7 Å². The van der Waals surface area contributed by atoms with Crippen molar-refractivity contribution >= 4 is 26.8 Å². The Hall–Kier alpha value is -0.406. The van der Waals surface area contributed by atoms with Crippen molar-refractivity contribution in [2.24, 2.45) is 28.1 Å². The van der Waals surface area contributed by atoms with Crippen LogP contribution < -0.4 is 0 Å². The molecule has 47 heavy (non-hydrogen) atoms. The molecular formula is C35H63F3O6SSi2. The van der Waals surface area contributed by atoms with E-state index in [1.165, 1.54) is 0 Å². The summed E-state index contributed by atoms with van der Waals surface area (Å²) < 4.78 is 90.4. The van der Waals surface area contributed by atoms with Gasteiger partial charge >= 0.3 is 15.6 Å². The lowest BCUT2D eigenvalue weighted by Gasteiger charge is -2.69. The molecule has 0 bridgehead atoms. The van der Waals surface area contributed by atoms with Crippen molar-refractivity contribution in [3.8, 4) is 0 Å². The smallest absolute Gasteiger partial charge is 0.413 e. The number of rotatable bonds is 7. The topological polar surface area (TPSA) is 71.1 Å². The summed E-state index contributed by atoms with van der Waals surface area (Å²) in [5.74, 6) is 0.0590. The van der Waals surface area contributed by atoms with Crippen LogP contribution >= 0.6 is 0 Å². The average molecular weight is 725 g/mol. The molecule has 0 unspecified atom stereocenters. The summed E-state index contributed by atoms with van der Waals surface area (Å²) in [6.07, 6.45) is 5.48. The highest BCUT2D eigenvalue weighted by Gasteiger charge is 2.69. The Morgan fingerprint density at radius 2 is 1.43 bits per heavy atom. The Balaban J connectivity index is 1.76. The predicted molar refractivity (Wildman–Crippen MR) is 186 cm³/mol. The van der Waals surface area contributed by atoms with Crippen molar-refractivity contribution in [1.82, 2.24) is 0 Å². The summed E-state index contributed by atoms with van der Waals surface area (Å²) in [5, 5.41) is 0.0356. The van der Waals surface area contributed by atoms with E-state index in [2.05, 4.69) is 102 Å². The van der Waals surface area contributed by atoms with Crippen LogP contribution in [0.1, 0.15) is 115 Å². The molecule has 12 heteroatoms. The number of halogens is 3. The zero-order chi connectivity index (χ0) is 36.2. The summed E-state index contributed by atoms with van der Waals surface area (Å²) in [5.41, 5.74) is -7.23. The Morgan fingerprint density at radius 1 is 0.872 bits per heavy atom. The number of hydrogen-bond donors (Lipinski definition) is 0. The monoisotopic (exact) mass is 724 g/mol. The second-order valence-corrected chi connectivity index (χ2v) is 30.4. The van der Waals surface area contributed by atoms with Gasteiger partial charge in [0.15, 0.2) is 16.6 Å². The molecule has 3 aliphatic carbocycles. The van der Waals surface area contributed by atoms with Crippen molar-refractivity contribution in [1.29, 1.82) is 0 Å². The van der Waals surface area contributed by atoms with E-state index in [-0.39, 0.29) is 63.2 Å². The molecule has 0 aromatic carbocycles. The van der Waals surface area contributed by atoms with E-state index in [1.54, 1.807) is 6.08 Å². The number of hydrogen-bond acceptors (Lipinski definition) is 6. The van der Waals surface area contributed by atoms with Gasteiger partial charge in [-0.2, -0.15) is 21.6 Å². The highest BCUT2D eigenvalue weighted by molar-refractivity contribution is 7.87. The summed E-state index contributed by atoms with van der Waals surface area (Å²) >= 11 is 0. The maximum atomic E-state index is 13.3. The normalized spacial score (nSPS) is 37.5. The lowest BCUT2D eigenvalue weighted by Crippen LogP contribution is -2.69. The van der Waals surface area contributed by atoms with Gasteiger partial charge in [0.1, 0.15) is 5.76 Å². The number of alkyl halides is 3. The fraction of sp³-hybridized carbons (Fsp3) is 0.943. The van der Waals surface area contributed by atoms with Crippen LogP contribution in [-0.2, 0) is 27.9 Å². The van der Waals surface area contributed by atoms with Gasteiger partial charge in [0.2, 0.25) is 0 Å². The van der Waals surface area contributed by atoms with E-state index in [1.807, 2.05) is 0 Å². The molecule has 4 aliphatic rings. The molecule has 0 spiro atoms. The zero-order valence-corrected chi connectivity index (χ0v) is 34.5. The van der Waals surface area contributed by atoms with Gasteiger partial charge in [0.05, 0.1) is 23.9 Å². The third-order valence-electron chi connectivity index (χ3n) is 14.2. The van der Waals surface area contributed by atoms with Crippen LogP contribution in [0.25, 0.3) is 0 Å². The van der Waals surface area contributed by atoms with Crippen LogP contribution in [0.15, 0.2) is 11.8 Å². The Labute approximate surface area is 285 Å². The van der Waals surface area contributed by atoms with Crippen molar-refractivity contribution in [3.05, 3.63) is 11.8 Å². The van der Waals surface area contributed by atoms with E-state index in [9.17, 15) is 21.6 Å². The molecule has 1 aliphatic heterocycles. The molecule has 0 radical (unpaired) electrons. The first-order valence-corrected chi connectivity index (χ1v) is 24.7. The second-order valence-electron chi connectivity index (χ2n) is 19.4. The van der Waals surface area contributed by atoms with E-state index < -0.39 is 43.3 Å². The SMILES string of the molecule is CC(C)(O[Si](C)(C)C(C)(C)C)[C@@H]1C[C@@H](O[Si](C)(C)C(C)(C)C)[C@]2(C)[C@H](CC[C@@]3(C)[C@H]2CC[C@H]2CC(OS(=O)(=O)C(F)(F)F)=C[C@@]23C)O1. The van der Waals surface area contributed by atoms with Crippen molar-refractivity contribution in [2.45, 2.75) is 180 Å². The minimum Gasteiger partial charge on any atom is -0.413 e. The zero-order valence-electron chi connectivity index (χ0n) is 31.7. The van der Waals surface area contributed by atoms with Crippen LogP contribution in [0.5, 0.6) is 0 Å². The molecule has 4 rings (SSSR count). The van der Waals surface area contributed by atoms with Gasteiger partial charge in [-0.1, -0.05) is 62.3 Å². The van der Waals surface area contributed by atoms with Crippen LogP contribution in [-0.4, -0.2) is 54.5 Å². The molecule has 0 aromatic heterocycles. The van der Waals surface area contributed by atoms with Crippen molar-refractivity contribution in [2.75, 3.05) is 0 Å². The number of ether oxygens (including phenoxy) is 1. The van der Waals surface area contributed by atoms with Crippen LogP contribution in [0.4, 0.5) is 13.2 Å². The van der Waals surface area contributed by atoms with Gasteiger partial charge < -0.3 is 17.8 Å². The molecular weight excluding hydrogens is 662 g/mol. The standard InChI is InChI=1S/C35H63F3O6SSi2/c1-29(2,3)46(12,13)43-28-21-27(31(7,8)44-47(14,15)30(4,5)6)41-26-18-19-32(9)25(34(26,28)11)17-16-23-20-24(22-33(23,32)10)42-45(39,40)35(36,37)38/h22-23,25-28H,16-21H2,1-15H3/t23-,25+,26-,27-,28+,32-,33-,34-/m0/s1. The summed E-state index contributed by atoms with van der Waals surface area (Å²) in [6, 6.07) is 0. The molecule has 6 nitrogen and oxygen atoms in total. The molecule has 1 heterocycles. The number of fused-ring (bicyclic) bond motifs is 5. The maximum absolute atomic E-state index is 13.3. The largest absolute Gasteiger partial charge is 0.534 e. The van der Waals surface area contributed by atoms with E-state index in [0.29, 0.717) is 6.42 Å². The summed E-state index contributed by atoms with van der Waals surface area (Å²) in [7, 11) is -10.1. The Kier molecular flexibility index (Phi) is 9.68. The van der Waals surface area contributed by atoms with Crippen LogP contribution in [0.3, 0.4) is 0 Å². The van der Waals surface area contributed by atoms with Gasteiger partial charge in [-0.3, -0.25) is 0 Å². The third kappa shape index (κ3) is 6.48. The van der Waals surface area contributed by atoms with Gasteiger partial charge in [0, 0.05) is 18.3 Å². The lowest BCUT2D eigenvalue weighted by molar-refractivity contribution is -0.279. The Bertz CT molecular complexity index is 1350. The molecule has 2 saturated carbocycles. The van der Waals surface area contributed by atoms with Gasteiger partial charge in [-0.05, 0) is 105 Å². The summed E-state index contributed by atoms with van der Waals surface area (Å²) in [4.78, 5) is 0. The highest BCUT2D eigenvalue weighted by atomic mass is 32.2. The minimum atomic E-state index is -5.73. The van der Waals surface area contributed by atoms with E-state index in [4.69, 9.17) is 17.8 Å². The lowest BCUT2D eigenvalue weighted by atomic mass is 9.40. The van der Waals surface area contributed by atoms with Gasteiger partial charge in [-0.25, -0.2) is 0 Å². The van der Waals surface area contributed by atoms with Crippen LogP contribution in [0, 0.1) is 28.1 Å². The first-order valence-electron chi connectivity index (χ1n) is 17.5. The summed E-state index contributed by atoms with van der Waals surface area (Å²) in [6.45, 7) is 33.8. The fourth-order valence-corrected chi connectivity index (χ4v) is 12.8. The van der Waals surface area contributed by atoms with E-state index >= 15 is 0 Å². The number of allylic oxidation sites excluding steroid dienone is 2. The average Bonchev–Trinajstić information content (AvgIpc) is 3.17. The molecule has 1 saturated heterocycles. The fourth-order valence-electron chi connectivity index (χ4n) is 9.09. The van der Waals surface area contributed by atoms with Gasteiger partial charge in [0.25, 0.3) is 0 Å². The minimum absolute atomic E-state index is 0.00345. The third-order valence-corrected chi connectivity index (χ3v) is 24.4. The predicted octanol–water partition coefficient (Wildman–Crippen LogP) is 10.3. The molecule has 0 amide bonds. The van der Waals surface area contributed by atoms with Crippen molar-refractivity contribution < 1.29 is 39.4 Å². The quantitative estimate of drug-likeness (QED) is 0.148. The Morgan fingerprint density at radius 3 is 1.94 bits per heavy atom. The first-order chi connectivity index (χ1) is 20.8. The highest BCUT2D eigenvalue weighted by Crippen LogP contribution is 2.72. The first kappa shape index (κ1) is 39.4. The van der Waals surface area contributed by atoms with Gasteiger partial charge in [-0.15, -0.1) is 0 Å². The molecule has 0 N–H and O–H groups in total. The molecule has 3 fully saturated rings. The molecule has 8 atom stereocenters. The molecule has 274 valence electrons. The second kappa shape index (κ2) is 11.6. The van der Waals surface area contributed by atoms with Crippen LogP contribution in [0.2, 0.25) is 36.3 Å². The van der Waals surface area contributed by atoms with Crippen molar-refractivity contribution in [3.63, 3.8) is 0 Å². The maximum Gasteiger partial charge on any atom is 0.534 e.